The normalized spacial score (nSPS) is 10.7. The fourth-order valence-electron chi connectivity index (χ4n) is 1.35. The molecule has 0 aromatic heterocycles. The summed E-state index contributed by atoms with van der Waals surface area (Å²) in [4.78, 5) is 10.3. The SMILES string of the molecule is CC(C)Cc1cc(Cl)c(Cl)cc1[N+](=O)[O-]. The number of hydrogen-bond donors (Lipinski definition) is 0. The molecule has 3 nitrogen and oxygen atoms in total. The molecule has 0 bridgehead atoms. The summed E-state index contributed by atoms with van der Waals surface area (Å²) in [6.45, 7) is 3.98. The number of rotatable bonds is 3. The van der Waals surface area contributed by atoms with Crippen molar-refractivity contribution >= 4 is 28.9 Å². The second-order valence-electron chi connectivity index (χ2n) is 3.75. The lowest BCUT2D eigenvalue weighted by Gasteiger charge is -2.07. The van der Waals surface area contributed by atoms with E-state index in [0.29, 0.717) is 22.9 Å². The molecule has 0 fully saturated rings. The van der Waals surface area contributed by atoms with Gasteiger partial charge in [0.2, 0.25) is 0 Å². The van der Waals surface area contributed by atoms with E-state index in [2.05, 4.69) is 0 Å². The van der Waals surface area contributed by atoms with E-state index >= 15 is 0 Å². The minimum atomic E-state index is -0.431. The second kappa shape index (κ2) is 4.81. The van der Waals surface area contributed by atoms with Gasteiger partial charge in [-0.25, -0.2) is 0 Å². The molecule has 0 aliphatic carbocycles. The maximum atomic E-state index is 10.8. The monoisotopic (exact) mass is 247 g/mol. The van der Waals surface area contributed by atoms with Crippen LogP contribution >= 0.6 is 23.2 Å². The summed E-state index contributed by atoms with van der Waals surface area (Å²) in [5.74, 6) is 0.334. The van der Waals surface area contributed by atoms with Gasteiger partial charge in [-0.05, 0) is 18.4 Å². The average Bonchev–Trinajstić information content (AvgIpc) is 2.09. The smallest absolute Gasteiger partial charge is 0.258 e. The molecule has 0 N–H and O–H groups in total. The number of nitro groups is 1. The maximum absolute atomic E-state index is 10.8. The van der Waals surface area contributed by atoms with Crippen molar-refractivity contribution in [1.82, 2.24) is 0 Å². The summed E-state index contributed by atoms with van der Waals surface area (Å²) in [5.41, 5.74) is 0.669. The molecule has 0 saturated heterocycles. The number of benzene rings is 1. The Labute approximate surface area is 98.2 Å². The Kier molecular flexibility index (Phi) is 3.94. The molecular weight excluding hydrogens is 237 g/mol. The zero-order valence-corrected chi connectivity index (χ0v) is 9.97. The van der Waals surface area contributed by atoms with Crippen molar-refractivity contribution in [2.24, 2.45) is 5.92 Å². The Morgan fingerprint density at radius 2 is 1.87 bits per heavy atom. The first-order chi connectivity index (χ1) is 6.91. The van der Waals surface area contributed by atoms with Gasteiger partial charge in [-0.15, -0.1) is 0 Å². The van der Waals surface area contributed by atoms with Gasteiger partial charge >= 0.3 is 0 Å². The quantitative estimate of drug-likeness (QED) is 0.596. The van der Waals surface area contributed by atoms with Crippen LogP contribution < -0.4 is 0 Å². The Morgan fingerprint density at radius 1 is 1.33 bits per heavy atom. The van der Waals surface area contributed by atoms with Crippen molar-refractivity contribution in [1.29, 1.82) is 0 Å². The molecule has 0 atom stereocenters. The van der Waals surface area contributed by atoms with E-state index in [1.807, 2.05) is 13.8 Å². The Morgan fingerprint density at radius 3 is 2.33 bits per heavy atom. The lowest BCUT2D eigenvalue weighted by molar-refractivity contribution is -0.385. The highest BCUT2D eigenvalue weighted by atomic mass is 35.5. The van der Waals surface area contributed by atoms with Crippen LogP contribution in [0.3, 0.4) is 0 Å². The summed E-state index contributed by atoms with van der Waals surface area (Å²) >= 11 is 11.5. The Bertz CT molecular complexity index is 391. The first-order valence-electron chi connectivity index (χ1n) is 4.54. The molecule has 0 aliphatic heterocycles. The molecule has 0 radical (unpaired) electrons. The summed E-state index contributed by atoms with van der Waals surface area (Å²) in [7, 11) is 0. The third-order valence-electron chi connectivity index (χ3n) is 1.95. The molecule has 1 rings (SSSR count). The highest BCUT2D eigenvalue weighted by Crippen LogP contribution is 2.31. The summed E-state index contributed by atoms with van der Waals surface area (Å²) in [6.07, 6.45) is 0.618. The van der Waals surface area contributed by atoms with E-state index in [0.717, 1.165) is 0 Å². The highest BCUT2D eigenvalue weighted by Gasteiger charge is 2.17. The van der Waals surface area contributed by atoms with Crippen LogP contribution in [0.25, 0.3) is 0 Å². The Balaban J connectivity index is 3.22. The molecule has 0 saturated carbocycles. The van der Waals surface area contributed by atoms with Gasteiger partial charge in [0.1, 0.15) is 0 Å². The van der Waals surface area contributed by atoms with E-state index in [1.54, 1.807) is 6.07 Å². The largest absolute Gasteiger partial charge is 0.274 e. The van der Waals surface area contributed by atoms with Crippen molar-refractivity contribution < 1.29 is 4.92 Å². The van der Waals surface area contributed by atoms with E-state index in [4.69, 9.17) is 23.2 Å². The third kappa shape index (κ3) is 3.08. The topological polar surface area (TPSA) is 43.1 Å². The number of hydrogen-bond acceptors (Lipinski definition) is 2. The molecule has 0 amide bonds. The van der Waals surface area contributed by atoms with Gasteiger partial charge in [-0.3, -0.25) is 10.1 Å². The molecule has 0 spiro atoms. The van der Waals surface area contributed by atoms with E-state index < -0.39 is 4.92 Å². The summed E-state index contributed by atoms with van der Waals surface area (Å²) in [6, 6.07) is 2.88. The summed E-state index contributed by atoms with van der Waals surface area (Å²) < 4.78 is 0. The van der Waals surface area contributed by atoms with Crippen molar-refractivity contribution in [2.45, 2.75) is 20.3 Å². The average molecular weight is 248 g/mol. The predicted molar refractivity (Wildman–Crippen MR) is 61.7 cm³/mol. The van der Waals surface area contributed by atoms with Crippen LogP contribution in [0.2, 0.25) is 10.0 Å². The number of nitro benzene ring substituents is 1. The Hall–Kier alpha value is -0.800. The van der Waals surface area contributed by atoms with Gasteiger partial charge in [0.25, 0.3) is 5.69 Å². The lowest BCUT2D eigenvalue weighted by atomic mass is 10.0. The van der Waals surface area contributed by atoms with Gasteiger partial charge in [0.15, 0.2) is 0 Å². The van der Waals surface area contributed by atoms with Crippen molar-refractivity contribution in [3.05, 3.63) is 37.9 Å². The zero-order valence-electron chi connectivity index (χ0n) is 8.46. The molecular formula is C10H11Cl2NO2. The van der Waals surface area contributed by atoms with Gasteiger partial charge < -0.3 is 0 Å². The van der Waals surface area contributed by atoms with Crippen LogP contribution in [0, 0.1) is 16.0 Å². The number of halogens is 2. The second-order valence-corrected chi connectivity index (χ2v) is 4.56. The van der Waals surface area contributed by atoms with Gasteiger partial charge in [-0.1, -0.05) is 37.0 Å². The van der Waals surface area contributed by atoms with Crippen molar-refractivity contribution in [2.75, 3.05) is 0 Å². The van der Waals surface area contributed by atoms with Crippen molar-refractivity contribution in [3.63, 3.8) is 0 Å². The first kappa shape index (κ1) is 12.3. The van der Waals surface area contributed by atoms with E-state index in [-0.39, 0.29) is 10.7 Å². The highest BCUT2D eigenvalue weighted by molar-refractivity contribution is 6.42. The number of nitrogens with zero attached hydrogens (tertiary/aromatic N) is 1. The maximum Gasteiger partial charge on any atom is 0.274 e. The predicted octanol–water partition coefficient (Wildman–Crippen LogP) is 4.10. The van der Waals surface area contributed by atoms with Crippen LogP contribution in [0.1, 0.15) is 19.4 Å². The van der Waals surface area contributed by atoms with Crippen LogP contribution in [0.4, 0.5) is 5.69 Å². The van der Waals surface area contributed by atoms with Gasteiger partial charge in [0, 0.05) is 11.6 Å². The van der Waals surface area contributed by atoms with Crippen LogP contribution in [0.5, 0.6) is 0 Å². The van der Waals surface area contributed by atoms with E-state index in [1.165, 1.54) is 6.07 Å². The van der Waals surface area contributed by atoms with Crippen LogP contribution in [-0.4, -0.2) is 4.92 Å². The van der Waals surface area contributed by atoms with Gasteiger partial charge in [0.05, 0.1) is 15.0 Å². The molecule has 5 heteroatoms. The third-order valence-corrected chi connectivity index (χ3v) is 2.67. The molecule has 15 heavy (non-hydrogen) atoms. The molecule has 0 unspecified atom stereocenters. The molecule has 82 valence electrons. The van der Waals surface area contributed by atoms with Crippen LogP contribution in [-0.2, 0) is 6.42 Å². The minimum Gasteiger partial charge on any atom is -0.258 e. The zero-order chi connectivity index (χ0) is 11.6. The molecule has 1 aromatic rings. The fourth-order valence-corrected chi connectivity index (χ4v) is 1.69. The van der Waals surface area contributed by atoms with Crippen molar-refractivity contribution in [3.8, 4) is 0 Å². The molecule has 0 heterocycles. The van der Waals surface area contributed by atoms with Gasteiger partial charge in [-0.2, -0.15) is 0 Å². The minimum absolute atomic E-state index is 0.0399. The summed E-state index contributed by atoms with van der Waals surface area (Å²) in [5, 5.41) is 11.3. The van der Waals surface area contributed by atoms with Crippen LogP contribution in [0.15, 0.2) is 12.1 Å². The standard InChI is InChI=1S/C10H11Cl2NO2/c1-6(2)3-7-4-8(11)9(12)5-10(7)13(14)15/h4-6H,3H2,1-2H3. The molecule has 0 aliphatic rings. The molecule has 1 aromatic carbocycles. The fraction of sp³-hybridized carbons (Fsp3) is 0.400. The van der Waals surface area contributed by atoms with E-state index in [9.17, 15) is 10.1 Å². The first-order valence-corrected chi connectivity index (χ1v) is 5.29. The lowest BCUT2D eigenvalue weighted by Crippen LogP contribution is -2.00.